The van der Waals surface area contributed by atoms with Crippen LogP contribution in [0, 0.1) is 6.92 Å². The number of anilines is 2. The summed E-state index contributed by atoms with van der Waals surface area (Å²) >= 11 is 1.31. The van der Waals surface area contributed by atoms with Crippen molar-refractivity contribution in [3.63, 3.8) is 0 Å². The van der Waals surface area contributed by atoms with Gasteiger partial charge in [-0.1, -0.05) is 24.3 Å². The van der Waals surface area contributed by atoms with Crippen LogP contribution in [0.3, 0.4) is 0 Å². The third kappa shape index (κ3) is 5.57. The normalized spacial score (nSPS) is 11.5. The lowest BCUT2D eigenvalue weighted by Gasteiger charge is -2.16. The second-order valence-corrected chi connectivity index (χ2v) is 11.1. The Morgan fingerprint density at radius 2 is 1.91 bits per heavy atom. The molecule has 0 aliphatic carbocycles. The highest BCUT2D eigenvalue weighted by atomic mass is 32.2. The zero-order chi connectivity index (χ0) is 25.2. The van der Waals surface area contributed by atoms with E-state index in [1.54, 1.807) is 30.3 Å². The molecule has 35 heavy (non-hydrogen) atoms. The largest absolute Gasteiger partial charge is 0.302 e. The van der Waals surface area contributed by atoms with E-state index >= 15 is 0 Å². The highest BCUT2D eigenvalue weighted by Crippen LogP contribution is 2.27. The number of carbonyl (C=O) groups excluding carboxylic acids is 1. The summed E-state index contributed by atoms with van der Waals surface area (Å²) in [6.45, 7) is 2.31. The number of amides is 1. The Morgan fingerprint density at radius 3 is 2.63 bits per heavy atom. The second-order valence-electron chi connectivity index (χ2n) is 8.18. The van der Waals surface area contributed by atoms with E-state index in [1.807, 2.05) is 24.4 Å². The standard InChI is InChI=1S/C24H25N5O4S2/c1-16-6-4-7-19-22(16)25-15-29(23(19)31)13-5-8-21(30)27-24-26-20(14-34-24)17-9-11-18(12-10-17)28(2)35(3,32)33/h4,6-7,9-12,14-15H,5,8,13H2,1-3H3,(H,26,27,30). The third-order valence-corrected chi connectivity index (χ3v) is 7.60. The van der Waals surface area contributed by atoms with Gasteiger partial charge in [-0.3, -0.25) is 18.5 Å². The summed E-state index contributed by atoms with van der Waals surface area (Å²) in [7, 11) is -1.84. The molecule has 0 saturated carbocycles. The molecule has 9 nitrogen and oxygen atoms in total. The van der Waals surface area contributed by atoms with E-state index in [2.05, 4.69) is 15.3 Å². The van der Waals surface area contributed by atoms with Gasteiger partial charge >= 0.3 is 0 Å². The quantitative estimate of drug-likeness (QED) is 0.386. The van der Waals surface area contributed by atoms with Crippen molar-refractivity contribution in [2.45, 2.75) is 26.3 Å². The Labute approximate surface area is 207 Å². The van der Waals surface area contributed by atoms with E-state index in [0.29, 0.717) is 40.4 Å². The van der Waals surface area contributed by atoms with Gasteiger partial charge in [0, 0.05) is 31.0 Å². The Kier molecular flexibility index (Phi) is 6.99. The molecule has 0 spiro atoms. The monoisotopic (exact) mass is 511 g/mol. The van der Waals surface area contributed by atoms with E-state index in [-0.39, 0.29) is 17.9 Å². The summed E-state index contributed by atoms with van der Waals surface area (Å²) in [6.07, 6.45) is 3.40. The molecular formula is C24H25N5O4S2. The molecule has 2 aromatic heterocycles. The fraction of sp³-hybridized carbons (Fsp3) is 0.250. The van der Waals surface area contributed by atoms with Crippen LogP contribution in [0.25, 0.3) is 22.2 Å². The Hall–Kier alpha value is -3.57. The molecule has 0 fully saturated rings. The number of sulfonamides is 1. The van der Waals surface area contributed by atoms with Gasteiger partial charge in [0.25, 0.3) is 5.56 Å². The van der Waals surface area contributed by atoms with Gasteiger partial charge in [-0.2, -0.15) is 0 Å². The number of hydrogen-bond acceptors (Lipinski definition) is 7. The number of aromatic nitrogens is 3. The first kappa shape index (κ1) is 24.6. The molecule has 0 bridgehead atoms. The first-order chi connectivity index (χ1) is 16.6. The second kappa shape index (κ2) is 9.96. The Balaban J connectivity index is 1.34. The van der Waals surface area contributed by atoms with Crippen molar-refractivity contribution >= 4 is 49.0 Å². The minimum Gasteiger partial charge on any atom is -0.302 e. The van der Waals surface area contributed by atoms with E-state index in [0.717, 1.165) is 17.4 Å². The summed E-state index contributed by atoms with van der Waals surface area (Å²) in [5, 5.41) is 5.67. The summed E-state index contributed by atoms with van der Waals surface area (Å²) in [5.74, 6) is -0.186. The maximum absolute atomic E-state index is 12.7. The zero-order valence-corrected chi connectivity index (χ0v) is 21.2. The molecule has 4 aromatic rings. The van der Waals surface area contributed by atoms with E-state index in [1.165, 1.54) is 33.6 Å². The highest BCUT2D eigenvalue weighted by molar-refractivity contribution is 7.92. The molecule has 0 atom stereocenters. The van der Waals surface area contributed by atoms with Crippen molar-refractivity contribution in [3.05, 3.63) is 70.1 Å². The number of aryl methyl sites for hydroxylation is 2. The number of hydrogen-bond donors (Lipinski definition) is 1. The van der Waals surface area contributed by atoms with Gasteiger partial charge in [-0.15, -0.1) is 11.3 Å². The van der Waals surface area contributed by atoms with E-state index in [9.17, 15) is 18.0 Å². The van der Waals surface area contributed by atoms with Crippen molar-refractivity contribution in [2.24, 2.45) is 0 Å². The lowest BCUT2D eigenvalue weighted by Crippen LogP contribution is -2.24. The molecule has 1 amide bonds. The van der Waals surface area contributed by atoms with Crippen LogP contribution in [-0.2, 0) is 21.4 Å². The molecular weight excluding hydrogens is 486 g/mol. The Morgan fingerprint density at radius 1 is 1.17 bits per heavy atom. The van der Waals surface area contributed by atoms with Crippen molar-refractivity contribution in [1.82, 2.24) is 14.5 Å². The minimum absolute atomic E-state index is 0.113. The predicted octanol–water partition coefficient (Wildman–Crippen LogP) is 3.64. The van der Waals surface area contributed by atoms with Gasteiger partial charge < -0.3 is 5.32 Å². The zero-order valence-electron chi connectivity index (χ0n) is 19.6. The lowest BCUT2D eigenvalue weighted by atomic mass is 10.1. The number of nitrogens with zero attached hydrogens (tertiary/aromatic N) is 4. The smallest absolute Gasteiger partial charge is 0.261 e. The number of rotatable bonds is 8. The van der Waals surface area contributed by atoms with Crippen LogP contribution in [0.5, 0.6) is 0 Å². The predicted molar refractivity (Wildman–Crippen MR) is 139 cm³/mol. The van der Waals surface area contributed by atoms with E-state index in [4.69, 9.17) is 0 Å². The molecule has 1 N–H and O–H groups in total. The maximum Gasteiger partial charge on any atom is 0.261 e. The molecule has 0 aliphatic heterocycles. The molecule has 2 heterocycles. The van der Waals surface area contributed by atoms with Gasteiger partial charge in [0.1, 0.15) is 0 Å². The highest BCUT2D eigenvalue weighted by Gasteiger charge is 2.13. The number of benzene rings is 2. The summed E-state index contributed by atoms with van der Waals surface area (Å²) < 4.78 is 26.1. The van der Waals surface area contributed by atoms with Crippen LogP contribution in [0.1, 0.15) is 18.4 Å². The summed E-state index contributed by atoms with van der Waals surface area (Å²) in [6, 6.07) is 12.5. The molecule has 0 saturated heterocycles. The molecule has 0 unspecified atom stereocenters. The topological polar surface area (TPSA) is 114 Å². The van der Waals surface area contributed by atoms with Gasteiger partial charge in [-0.25, -0.2) is 18.4 Å². The van der Waals surface area contributed by atoms with Gasteiger partial charge in [0.05, 0.1) is 34.9 Å². The van der Waals surface area contributed by atoms with Crippen LogP contribution in [0.4, 0.5) is 10.8 Å². The molecule has 182 valence electrons. The van der Waals surface area contributed by atoms with Gasteiger partial charge in [0.15, 0.2) is 5.13 Å². The average molecular weight is 512 g/mol. The molecule has 2 aromatic carbocycles. The van der Waals surface area contributed by atoms with Crippen LogP contribution >= 0.6 is 11.3 Å². The van der Waals surface area contributed by atoms with Crippen molar-refractivity contribution in [1.29, 1.82) is 0 Å². The summed E-state index contributed by atoms with van der Waals surface area (Å²) in [5.41, 5.74) is 3.58. The number of fused-ring (bicyclic) bond motifs is 1. The lowest BCUT2D eigenvalue weighted by molar-refractivity contribution is -0.116. The van der Waals surface area contributed by atoms with Crippen LogP contribution in [0.2, 0.25) is 0 Å². The number of nitrogens with one attached hydrogen (secondary N) is 1. The molecule has 0 radical (unpaired) electrons. The van der Waals surface area contributed by atoms with Crippen molar-refractivity contribution < 1.29 is 13.2 Å². The third-order valence-electron chi connectivity index (χ3n) is 5.63. The van der Waals surface area contributed by atoms with Crippen LogP contribution < -0.4 is 15.2 Å². The molecule has 11 heteroatoms. The minimum atomic E-state index is -3.33. The first-order valence-electron chi connectivity index (χ1n) is 10.9. The van der Waals surface area contributed by atoms with Gasteiger partial charge in [0.2, 0.25) is 15.9 Å². The van der Waals surface area contributed by atoms with Crippen LogP contribution in [0.15, 0.2) is 59.0 Å². The summed E-state index contributed by atoms with van der Waals surface area (Å²) in [4.78, 5) is 33.9. The van der Waals surface area contributed by atoms with Crippen LogP contribution in [-0.4, -0.2) is 42.2 Å². The van der Waals surface area contributed by atoms with E-state index < -0.39 is 10.0 Å². The number of thiazole rings is 1. The Bertz CT molecular complexity index is 1540. The fourth-order valence-corrected chi connectivity index (χ4v) is 4.83. The van der Waals surface area contributed by atoms with Crippen molar-refractivity contribution in [2.75, 3.05) is 22.9 Å². The molecule has 4 rings (SSSR count). The first-order valence-corrected chi connectivity index (χ1v) is 13.6. The number of carbonyl (C=O) groups is 1. The average Bonchev–Trinajstić information content (AvgIpc) is 3.28. The maximum atomic E-state index is 12.7. The van der Waals surface area contributed by atoms with Gasteiger partial charge in [-0.05, 0) is 37.1 Å². The fourth-order valence-electron chi connectivity index (χ4n) is 3.59. The molecule has 0 aliphatic rings. The SMILES string of the molecule is Cc1cccc2c(=O)n(CCCC(=O)Nc3nc(-c4ccc(N(C)S(C)(=O)=O)cc4)cs3)cnc12. The number of para-hydroxylation sites is 1. The van der Waals surface area contributed by atoms with Crippen molar-refractivity contribution in [3.8, 4) is 11.3 Å².